The Kier molecular flexibility index (Phi) is 3.82. The molecule has 1 aliphatic carbocycles. The second-order valence-corrected chi connectivity index (χ2v) is 6.62. The average Bonchev–Trinajstić information content (AvgIpc) is 2.23. The minimum atomic E-state index is -3.47. The van der Waals surface area contributed by atoms with E-state index in [-0.39, 0.29) is 17.0 Å². The Hall–Kier alpha value is -0.500. The standard InChI is InChI=1S/C10H13BrN2O3S/c1-16-9-3-8(4-9)13-17(14,15)10-2-7(11)5-12-6-10/h2,5-6,8-9,13H,3-4H2,1H3. The van der Waals surface area contributed by atoms with Gasteiger partial charge in [-0.3, -0.25) is 4.98 Å². The smallest absolute Gasteiger partial charge is 0.242 e. The molecule has 1 aromatic heterocycles. The van der Waals surface area contributed by atoms with E-state index in [0.29, 0.717) is 4.47 Å². The number of methoxy groups -OCH3 is 1. The summed E-state index contributed by atoms with van der Waals surface area (Å²) in [4.78, 5) is 4.02. The zero-order valence-electron chi connectivity index (χ0n) is 9.26. The molecule has 0 saturated heterocycles. The molecular formula is C10H13BrN2O3S. The highest BCUT2D eigenvalue weighted by atomic mass is 79.9. The molecule has 0 aliphatic heterocycles. The van der Waals surface area contributed by atoms with Crippen molar-refractivity contribution in [3.8, 4) is 0 Å². The van der Waals surface area contributed by atoms with Crippen molar-refractivity contribution in [1.82, 2.24) is 9.71 Å². The summed E-state index contributed by atoms with van der Waals surface area (Å²) >= 11 is 3.20. The number of halogens is 1. The Labute approximate surface area is 109 Å². The van der Waals surface area contributed by atoms with Crippen LogP contribution in [-0.2, 0) is 14.8 Å². The fourth-order valence-corrected chi connectivity index (χ4v) is 3.45. The van der Waals surface area contributed by atoms with Crippen LogP contribution in [0.1, 0.15) is 12.8 Å². The lowest BCUT2D eigenvalue weighted by Gasteiger charge is -2.34. The lowest BCUT2D eigenvalue weighted by Crippen LogP contribution is -2.47. The van der Waals surface area contributed by atoms with Gasteiger partial charge in [0.2, 0.25) is 10.0 Å². The van der Waals surface area contributed by atoms with Crippen LogP contribution in [-0.4, -0.2) is 32.7 Å². The molecule has 0 radical (unpaired) electrons. The highest BCUT2D eigenvalue weighted by Gasteiger charge is 2.32. The Morgan fingerprint density at radius 1 is 1.47 bits per heavy atom. The van der Waals surface area contributed by atoms with Gasteiger partial charge in [-0.25, -0.2) is 13.1 Å². The normalized spacial score (nSPS) is 24.4. The van der Waals surface area contributed by atoms with Crippen LogP contribution < -0.4 is 4.72 Å². The second-order valence-electron chi connectivity index (χ2n) is 3.99. The van der Waals surface area contributed by atoms with E-state index in [1.54, 1.807) is 13.3 Å². The van der Waals surface area contributed by atoms with Crippen molar-refractivity contribution in [2.24, 2.45) is 0 Å². The fourth-order valence-electron chi connectivity index (χ4n) is 1.68. The third-order valence-electron chi connectivity index (χ3n) is 2.74. The molecule has 1 heterocycles. The summed E-state index contributed by atoms with van der Waals surface area (Å²) in [5.74, 6) is 0. The maximum Gasteiger partial charge on any atom is 0.242 e. The van der Waals surface area contributed by atoms with Crippen molar-refractivity contribution in [1.29, 1.82) is 0 Å². The van der Waals surface area contributed by atoms with E-state index >= 15 is 0 Å². The van der Waals surface area contributed by atoms with Gasteiger partial charge in [0.1, 0.15) is 4.90 Å². The molecule has 0 spiro atoms. The second kappa shape index (κ2) is 5.01. The number of hydrogen-bond acceptors (Lipinski definition) is 4. The zero-order chi connectivity index (χ0) is 12.5. The van der Waals surface area contributed by atoms with Crippen LogP contribution in [0, 0.1) is 0 Å². The van der Waals surface area contributed by atoms with Gasteiger partial charge in [-0.15, -0.1) is 0 Å². The van der Waals surface area contributed by atoms with Crippen LogP contribution in [0.4, 0.5) is 0 Å². The van der Waals surface area contributed by atoms with Crippen LogP contribution in [0.3, 0.4) is 0 Å². The summed E-state index contributed by atoms with van der Waals surface area (Å²) in [7, 11) is -1.84. The van der Waals surface area contributed by atoms with E-state index in [4.69, 9.17) is 4.74 Å². The molecule has 1 aromatic rings. The van der Waals surface area contributed by atoms with Gasteiger partial charge in [0.25, 0.3) is 0 Å². The zero-order valence-corrected chi connectivity index (χ0v) is 11.7. The molecule has 0 bridgehead atoms. The molecule has 94 valence electrons. The highest BCUT2D eigenvalue weighted by Crippen LogP contribution is 2.24. The van der Waals surface area contributed by atoms with Crippen LogP contribution in [0.5, 0.6) is 0 Å². The molecular weight excluding hydrogens is 308 g/mol. The maximum absolute atomic E-state index is 12.0. The van der Waals surface area contributed by atoms with Crippen molar-refractivity contribution in [2.45, 2.75) is 29.9 Å². The quantitative estimate of drug-likeness (QED) is 0.908. The average molecular weight is 321 g/mol. The first kappa shape index (κ1) is 12.9. The van der Waals surface area contributed by atoms with Gasteiger partial charge in [0, 0.05) is 30.0 Å². The molecule has 1 N–H and O–H groups in total. The third-order valence-corrected chi connectivity index (χ3v) is 4.66. The molecule has 0 unspecified atom stereocenters. The number of aromatic nitrogens is 1. The monoisotopic (exact) mass is 320 g/mol. The summed E-state index contributed by atoms with van der Waals surface area (Å²) in [6.45, 7) is 0. The van der Waals surface area contributed by atoms with Crippen molar-refractivity contribution in [3.63, 3.8) is 0 Å². The van der Waals surface area contributed by atoms with Crippen LogP contribution in [0.2, 0.25) is 0 Å². The van der Waals surface area contributed by atoms with E-state index in [1.807, 2.05) is 0 Å². The number of nitrogens with zero attached hydrogens (tertiary/aromatic N) is 1. The number of pyridine rings is 1. The number of hydrogen-bond donors (Lipinski definition) is 1. The van der Waals surface area contributed by atoms with Crippen LogP contribution >= 0.6 is 15.9 Å². The molecule has 1 aliphatic rings. The molecule has 1 saturated carbocycles. The lowest BCUT2D eigenvalue weighted by molar-refractivity contribution is 0.0236. The number of rotatable bonds is 4. The van der Waals surface area contributed by atoms with E-state index in [9.17, 15) is 8.42 Å². The predicted octanol–water partition coefficient (Wildman–Crippen LogP) is 1.30. The summed E-state index contributed by atoms with van der Waals surface area (Å²) in [5.41, 5.74) is 0. The number of ether oxygens (including phenoxy) is 1. The fraction of sp³-hybridized carbons (Fsp3) is 0.500. The molecule has 0 atom stereocenters. The summed E-state index contributed by atoms with van der Waals surface area (Å²) in [5, 5.41) is 0. The van der Waals surface area contributed by atoms with Crippen LogP contribution in [0.25, 0.3) is 0 Å². The minimum Gasteiger partial charge on any atom is -0.381 e. The Bertz CT molecular complexity index is 500. The first-order valence-electron chi connectivity index (χ1n) is 5.17. The largest absolute Gasteiger partial charge is 0.381 e. The van der Waals surface area contributed by atoms with E-state index < -0.39 is 10.0 Å². The Balaban J connectivity index is 2.05. The summed E-state index contributed by atoms with van der Waals surface area (Å²) in [6, 6.07) is 1.49. The molecule has 17 heavy (non-hydrogen) atoms. The minimum absolute atomic E-state index is 0.0380. The van der Waals surface area contributed by atoms with E-state index in [2.05, 4.69) is 25.6 Å². The molecule has 0 amide bonds. The number of nitrogens with one attached hydrogen (secondary N) is 1. The van der Waals surface area contributed by atoms with Gasteiger partial charge < -0.3 is 4.74 Å². The molecule has 2 rings (SSSR count). The van der Waals surface area contributed by atoms with Gasteiger partial charge in [0.15, 0.2) is 0 Å². The van der Waals surface area contributed by atoms with Gasteiger partial charge in [0.05, 0.1) is 6.10 Å². The Morgan fingerprint density at radius 3 is 2.76 bits per heavy atom. The number of sulfonamides is 1. The van der Waals surface area contributed by atoms with E-state index in [0.717, 1.165) is 12.8 Å². The van der Waals surface area contributed by atoms with Gasteiger partial charge in [-0.2, -0.15) is 0 Å². The van der Waals surface area contributed by atoms with Crippen molar-refractivity contribution in [2.75, 3.05) is 7.11 Å². The lowest BCUT2D eigenvalue weighted by atomic mass is 9.90. The molecule has 1 fully saturated rings. The van der Waals surface area contributed by atoms with Crippen molar-refractivity contribution in [3.05, 3.63) is 22.9 Å². The molecule has 5 nitrogen and oxygen atoms in total. The van der Waals surface area contributed by atoms with E-state index in [1.165, 1.54) is 12.3 Å². The third kappa shape index (κ3) is 3.04. The van der Waals surface area contributed by atoms with Crippen molar-refractivity contribution < 1.29 is 13.2 Å². The SMILES string of the molecule is COC1CC(NS(=O)(=O)c2cncc(Br)c2)C1. The summed E-state index contributed by atoms with van der Waals surface area (Å²) < 4.78 is 32.3. The van der Waals surface area contributed by atoms with Crippen molar-refractivity contribution >= 4 is 26.0 Å². The Morgan fingerprint density at radius 2 is 2.18 bits per heavy atom. The van der Waals surface area contributed by atoms with Gasteiger partial charge in [-0.1, -0.05) is 0 Å². The summed E-state index contributed by atoms with van der Waals surface area (Å²) in [6.07, 6.45) is 4.49. The molecule has 0 aromatic carbocycles. The first-order chi connectivity index (χ1) is 8.01. The predicted molar refractivity (Wildman–Crippen MR) is 66.1 cm³/mol. The van der Waals surface area contributed by atoms with Crippen LogP contribution in [0.15, 0.2) is 27.8 Å². The maximum atomic E-state index is 12.0. The van der Waals surface area contributed by atoms with Gasteiger partial charge >= 0.3 is 0 Å². The highest BCUT2D eigenvalue weighted by molar-refractivity contribution is 9.10. The first-order valence-corrected chi connectivity index (χ1v) is 7.44. The molecule has 7 heteroatoms. The van der Waals surface area contributed by atoms with Gasteiger partial charge in [-0.05, 0) is 34.8 Å². The topological polar surface area (TPSA) is 68.3 Å².